The monoisotopic (exact) mass is 273 g/mol. The summed E-state index contributed by atoms with van der Waals surface area (Å²) in [6.45, 7) is 5.80. The van der Waals surface area contributed by atoms with E-state index in [0.29, 0.717) is 0 Å². The molecule has 0 fully saturated rings. The number of nitrogens with one attached hydrogen (secondary N) is 2. The Bertz CT molecular complexity index is 559. The summed E-state index contributed by atoms with van der Waals surface area (Å²) < 4.78 is 5.60. The van der Waals surface area contributed by atoms with Gasteiger partial charge in [0.15, 0.2) is 6.61 Å². The van der Waals surface area contributed by atoms with Gasteiger partial charge in [0.2, 0.25) is 0 Å². The Kier molecular flexibility index (Phi) is 4.40. The first kappa shape index (κ1) is 14.1. The van der Waals surface area contributed by atoms with Crippen LogP contribution in [0.25, 0.3) is 0 Å². The SMILES string of the molecule is Cc1cccc(C)c1OCC(=O)NC(C)c1ncc[nH]1. The molecule has 1 heterocycles. The number of imidazole rings is 1. The number of aromatic nitrogens is 2. The van der Waals surface area contributed by atoms with Gasteiger partial charge in [-0.05, 0) is 31.9 Å². The van der Waals surface area contributed by atoms with Crippen molar-refractivity contribution in [1.29, 1.82) is 0 Å². The maximum atomic E-state index is 11.9. The standard InChI is InChI=1S/C15H19N3O2/c1-10-5-4-6-11(2)14(10)20-9-13(19)18-12(3)15-16-7-8-17-15/h4-8,12H,9H2,1-3H3,(H,16,17)(H,18,19). The van der Waals surface area contributed by atoms with E-state index >= 15 is 0 Å². The third-order valence-corrected chi connectivity index (χ3v) is 3.06. The number of carbonyl (C=O) groups excluding carboxylic acids is 1. The predicted molar refractivity (Wildman–Crippen MR) is 76.6 cm³/mol. The Balaban J connectivity index is 1.89. The van der Waals surface area contributed by atoms with Crippen molar-refractivity contribution in [3.05, 3.63) is 47.5 Å². The van der Waals surface area contributed by atoms with E-state index in [2.05, 4.69) is 15.3 Å². The summed E-state index contributed by atoms with van der Waals surface area (Å²) in [4.78, 5) is 18.9. The normalized spacial score (nSPS) is 11.9. The molecule has 106 valence electrons. The Morgan fingerprint density at radius 1 is 1.40 bits per heavy atom. The number of aryl methyl sites for hydroxylation is 2. The molecular formula is C15H19N3O2. The smallest absolute Gasteiger partial charge is 0.258 e. The van der Waals surface area contributed by atoms with Gasteiger partial charge in [-0.25, -0.2) is 4.98 Å². The summed E-state index contributed by atoms with van der Waals surface area (Å²) in [5.41, 5.74) is 2.05. The number of benzene rings is 1. The first-order valence-corrected chi connectivity index (χ1v) is 6.55. The molecule has 20 heavy (non-hydrogen) atoms. The molecule has 2 aromatic rings. The highest BCUT2D eigenvalue weighted by molar-refractivity contribution is 5.78. The van der Waals surface area contributed by atoms with Gasteiger partial charge >= 0.3 is 0 Å². The minimum atomic E-state index is -0.170. The highest BCUT2D eigenvalue weighted by Crippen LogP contribution is 2.22. The molecule has 0 bridgehead atoms. The van der Waals surface area contributed by atoms with E-state index in [1.54, 1.807) is 12.4 Å². The first-order chi connectivity index (χ1) is 9.58. The number of aromatic amines is 1. The van der Waals surface area contributed by atoms with Gasteiger partial charge in [-0.3, -0.25) is 4.79 Å². The van der Waals surface area contributed by atoms with E-state index in [-0.39, 0.29) is 18.6 Å². The lowest BCUT2D eigenvalue weighted by atomic mass is 10.1. The van der Waals surface area contributed by atoms with E-state index in [9.17, 15) is 4.79 Å². The molecule has 5 nitrogen and oxygen atoms in total. The van der Waals surface area contributed by atoms with Crippen LogP contribution in [0.2, 0.25) is 0 Å². The highest BCUT2D eigenvalue weighted by atomic mass is 16.5. The molecule has 0 aliphatic heterocycles. The maximum Gasteiger partial charge on any atom is 0.258 e. The summed E-state index contributed by atoms with van der Waals surface area (Å²) in [6.07, 6.45) is 3.39. The van der Waals surface area contributed by atoms with Crippen molar-refractivity contribution >= 4 is 5.91 Å². The molecule has 2 N–H and O–H groups in total. The van der Waals surface area contributed by atoms with Crippen LogP contribution in [-0.4, -0.2) is 22.5 Å². The molecule has 1 aromatic carbocycles. The van der Waals surface area contributed by atoms with Crippen LogP contribution in [0.3, 0.4) is 0 Å². The summed E-state index contributed by atoms with van der Waals surface area (Å²) in [7, 11) is 0. The van der Waals surface area contributed by atoms with Gasteiger partial charge in [-0.1, -0.05) is 18.2 Å². The molecule has 1 aromatic heterocycles. The number of rotatable bonds is 5. The highest BCUT2D eigenvalue weighted by Gasteiger charge is 2.12. The van der Waals surface area contributed by atoms with E-state index in [4.69, 9.17) is 4.74 Å². The second kappa shape index (κ2) is 6.23. The van der Waals surface area contributed by atoms with Gasteiger partial charge in [0.05, 0.1) is 6.04 Å². The van der Waals surface area contributed by atoms with E-state index in [0.717, 1.165) is 22.7 Å². The fourth-order valence-corrected chi connectivity index (χ4v) is 2.03. The fraction of sp³-hybridized carbons (Fsp3) is 0.333. The number of amides is 1. The molecule has 0 spiro atoms. The van der Waals surface area contributed by atoms with E-state index < -0.39 is 0 Å². The van der Waals surface area contributed by atoms with Crippen LogP contribution in [0, 0.1) is 13.8 Å². The predicted octanol–water partition coefficient (Wildman–Crippen LogP) is 2.28. The maximum absolute atomic E-state index is 11.9. The fourth-order valence-electron chi connectivity index (χ4n) is 2.03. The molecule has 2 rings (SSSR count). The molecule has 5 heteroatoms. The summed E-state index contributed by atoms with van der Waals surface area (Å²) in [5, 5.41) is 2.83. The lowest BCUT2D eigenvalue weighted by Gasteiger charge is -2.14. The van der Waals surface area contributed by atoms with Crippen molar-refractivity contribution in [2.24, 2.45) is 0 Å². The Morgan fingerprint density at radius 2 is 2.10 bits per heavy atom. The largest absolute Gasteiger partial charge is 0.483 e. The number of ether oxygens (including phenoxy) is 1. The van der Waals surface area contributed by atoms with Gasteiger partial charge in [0.25, 0.3) is 5.91 Å². The zero-order valence-corrected chi connectivity index (χ0v) is 11.9. The lowest BCUT2D eigenvalue weighted by Crippen LogP contribution is -2.31. The van der Waals surface area contributed by atoms with E-state index in [1.165, 1.54) is 0 Å². The van der Waals surface area contributed by atoms with Crippen molar-refractivity contribution in [2.45, 2.75) is 26.8 Å². The lowest BCUT2D eigenvalue weighted by molar-refractivity contribution is -0.123. The Morgan fingerprint density at radius 3 is 2.70 bits per heavy atom. The van der Waals surface area contributed by atoms with Crippen molar-refractivity contribution in [1.82, 2.24) is 15.3 Å². The minimum absolute atomic E-state index is 0.00323. The number of H-pyrrole nitrogens is 1. The van der Waals surface area contributed by atoms with Crippen molar-refractivity contribution in [3.8, 4) is 5.75 Å². The molecule has 0 saturated carbocycles. The zero-order chi connectivity index (χ0) is 14.5. The minimum Gasteiger partial charge on any atom is -0.483 e. The van der Waals surface area contributed by atoms with Crippen molar-refractivity contribution in [2.75, 3.05) is 6.61 Å². The zero-order valence-electron chi connectivity index (χ0n) is 11.9. The average molecular weight is 273 g/mol. The van der Waals surface area contributed by atoms with Gasteiger partial charge in [0, 0.05) is 12.4 Å². The molecule has 0 saturated heterocycles. The number of hydrogen-bond acceptors (Lipinski definition) is 3. The molecule has 0 aliphatic rings. The number of para-hydroxylation sites is 1. The van der Waals surface area contributed by atoms with E-state index in [1.807, 2.05) is 39.0 Å². The topological polar surface area (TPSA) is 67.0 Å². The molecular weight excluding hydrogens is 254 g/mol. The van der Waals surface area contributed by atoms with Crippen LogP contribution in [0.4, 0.5) is 0 Å². The number of carbonyl (C=O) groups is 1. The third-order valence-electron chi connectivity index (χ3n) is 3.06. The van der Waals surface area contributed by atoms with Crippen molar-refractivity contribution in [3.63, 3.8) is 0 Å². The quantitative estimate of drug-likeness (QED) is 0.878. The van der Waals surface area contributed by atoms with Crippen LogP contribution in [-0.2, 0) is 4.79 Å². The van der Waals surface area contributed by atoms with Crippen LogP contribution >= 0.6 is 0 Å². The molecule has 1 unspecified atom stereocenters. The van der Waals surface area contributed by atoms with Crippen LogP contribution in [0.15, 0.2) is 30.6 Å². The van der Waals surface area contributed by atoms with Crippen molar-refractivity contribution < 1.29 is 9.53 Å². The van der Waals surface area contributed by atoms with Crippen LogP contribution in [0.5, 0.6) is 5.75 Å². The summed E-state index contributed by atoms with van der Waals surface area (Å²) in [6, 6.07) is 5.73. The Labute approximate surface area is 118 Å². The number of hydrogen-bond donors (Lipinski definition) is 2. The van der Waals surface area contributed by atoms with Gasteiger partial charge in [-0.15, -0.1) is 0 Å². The van der Waals surface area contributed by atoms with Crippen LogP contribution < -0.4 is 10.1 Å². The number of nitrogens with zero attached hydrogens (tertiary/aromatic N) is 1. The Hall–Kier alpha value is -2.30. The second-order valence-electron chi connectivity index (χ2n) is 4.77. The first-order valence-electron chi connectivity index (χ1n) is 6.55. The molecule has 1 amide bonds. The molecule has 1 atom stereocenters. The van der Waals surface area contributed by atoms with Crippen LogP contribution in [0.1, 0.15) is 29.9 Å². The summed E-state index contributed by atoms with van der Waals surface area (Å²) in [5.74, 6) is 1.33. The summed E-state index contributed by atoms with van der Waals surface area (Å²) >= 11 is 0. The van der Waals surface area contributed by atoms with Gasteiger partial charge in [-0.2, -0.15) is 0 Å². The third kappa shape index (κ3) is 3.38. The second-order valence-corrected chi connectivity index (χ2v) is 4.77. The van der Waals surface area contributed by atoms with Gasteiger partial charge in [0.1, 0.15) is 11.6 Å². The van der Waals surface area contributed by atoms with Gasteiger partial charge < -0.3 is 15.0 Å². The average Bonchev–Trinajstić information content (AvgIpc) is 2.92. The molecule has 0 aliphatic carbocycles. The molecule has 0 radical (unpaired) electrons.